The minimum absolute atomic E-state index is 0.164. The van der Waals surface area contributed by atoms with Gasteiger partial charge in [0, 0.05) is 10.6 Å². The molecule has 0 atom stereocenters. The predicted octanol–water partition coefficient (Wildman–Crippen LogP) is 4.26. The lowest BCUT2D eigenvalue weighted by Gasteiger charge is -2.32. The first-order chi connectivity index (χ1) is 10.5. The smallest absolute Gasteiger partial charge is 0.398 e. The van der Waals surface area contributed by atoms with Gasteiger partial charge in [-0.3, -0.25) is 4.79 Å². The SMILES string of the molecule is CC1(C)OB(C(F)=C2C(=O)Nc3c(Cl)cc(Cl)cc32)OC1(C)C. The molecule has 1 saturated heterocycles. The fourth-order valence-corrected chi connectivity index (χ4v) is 3.04. The molecule has 0 bridgehead atoms. The third-order valence-corrected chi connectivity index (χ3v) is 5.01. The average molecular weight is 358 g/mol. The number of hydrogen-bond acceptors (Lipinski definition) is 3. The standard InChI is InChI=1S/C15H15BCl2FNO3/c1-14(2)15(3,4)23-16(22-14)12(19)10-8-5-7(17)6-9(18)11(8)20-13(10)21/h5-6H,1-4H3,(H,20,21). The van der Waals surface area contributed by atoms with Crippen LogP contribution in [0.25, 0.3) is 5.57 Å². The van der Waals surface area contributed by atoms with E-state index in [0.29, 0.717) is 16.3 Å². The maximum Gasteiger partial charge on any atom is 0.526 e. The van der Waals surface area contributed by atoms with Crippen LogP contribution in [0.5, 0.6) is 0 Å². The van der Waals surface area contributed by atoms with Crippen molar-refractivity contribution in [2.45, 2.75) is 38.9 Å². The Morgan fingerprint density at radius 1 is 1.17 bits per heavy atom. The third kappa shape index (κ3) is 2.58. The van der Waals surface area contributed by atoms with Gasteiger partial charge in [0.2, 0.25) is 0 Å². The molecule has 0 spiro atoms. The minimum atomic E-state index is -1.26. The second kappa shape index (κ2) is 5.21. The molecule has 0 aromatic heterocycles. The largest absolute Gasteiger partial charge is 0.526 e. The monoisotopic (exact) mass is 357 g/mol. The van der Waals surface area contributed by atoms with Crippen molar-refractivity contribution in [1.29, 1.82) is 0 Å². The molecule has 4 nitrogen and oxygen atoms in total. The summed E-state index contributed by atoms with van der Waals surface area (Å²) in [6.07, 6.45) is 0. The maximum atomic E-state index is 15.0. The highest BCUT2D eigenvalue weighted by Gasteiger charge is 2.54. The molecule has 23 heavy (non-hydrogen) atoms. The number of halogens is 3. The van der Waals surface area contributed by atoms with Crippen molar-refractivity contribution in [2.24, 2.45) is 0 Å². The lowest BCUT2D eigenvalue weighted by molar-refractivity contribution is -0.110. The topological polar surface area (TPSA) is 47.6 Å². The number of benzene rings is 1. The summed E-state index contributed by atoms with van der Waals surface area (Å²) in [6.45, 7) is 7.23. The molecule has 0 saturated carbocycles. The van der Waals surface area contributed by atoms with Crippen molar-refractivity contribution in [3.05, 3.63) is 33.5 Å². The van der Waals surface area contributed by atoms with Gasteiger partial charge in [0.1, 0.15) is 5.73 Å². The number of hydrogen-bond donors (Lipinski definition) is 1. The van der Waals surface area contributed by atoms with Gasteiger partial charge in [-0.2, -0.15) is 0 Å². The lowest BCUT2D eigenvalue weighted by Crippen LogP contribution is -2.41. The molecule has 0 radical (unpaired) electrons. The summed E-state index contributed by atoms with van der Waals surface area (Å²) >= 11 is 12.0. The van der Waals surface area contributed by atoms with E-state index in [9.17, 15) is 9.18 Å². The van der Waals surface area contributed by atoms with Crippen LogP contribution in [-0.4, -0.2) is 24.2 Å². The van der Waals surface area contributed by atoms with Gasteiger partial charge in [0.25, 0.3) is 5.91 Å². The first-order valence-electron chi connectivity index (χ1n) is 7.09. The fraction of sp³-hybridized carbons (Fsp3) is 0.400. The zero-order chi connectivity index (χ0) is 17.2. The first kappa shape index (κ1) is 16.8. The van der Waals surface area contributed by atoms with E-state index in [2.05, 4.69) is 5.32 Å². The molecule has 2 aliphatic heterocycles. The Morgan fingerprint density at radius 3 is 2.30 bits per heavy atom. The van der Waals surface area contributed by atoms with Gasteiger partial charge in [-0.25, -0.2) is 4.39 Å². The Morgan fingerprint density at radius 2 is 1.74 bits per heavy atom. The molecule has 1 amide bonds. The van der Waals surface area contributed by atoms with Crippen LogP contribution in [0.3, 0.4) is 0 Å². The molecular weight excluding hydrogens is 343 g/mol. The van der Waals surface area contributed by atoms with E-state index in [1.54, 1.807) is 27.7 Å². The lowest BCUT2D eigenvalue weighted by atomic mass is 9.83. The number of carbonyl (C=O) groups excluding carboxylic acids is 1. The van der Waals surface area contributed by atoms with E-state index < -0.39 is 30.0 Å². The highest BCUT2D eigenvalue weighted by molar-refractivity contribution is 6.58. The second-order valence-electron chi connectivity index (χ2n) is 6.58. The van der Waals surface area contributed by atoms with E-state index in [-0.39, 0.29) is 10.6 Å². The molecule has 3 rings (SSSR count). The molecule has 1 aromatic rings. The summed E-state index contributed by atoms with van der Waals surface area (Å²) in [5.74, 6) is -0.601. The molecule has 1 fully saturated rings. The van der Waals surface area contributed by atoms with Gasteiger partial charge >= 0.3 is 7.12 Å². The number of nitrogens with one attached hydrogen (secondary N) is 1. The number of rotatable bonds is 1. The van der Waals surface area contributed by atoms with Gasteiger partial charge in [-0.15, -0.1) is 0 Å². The molecule has 0 unspecified atom stereocenters. The van der Waals surface area contributed by atoms with Crippen molar-refractivity contribution in [3.8, 4) is 0 Å². The third-order valence-electron chi connectivity index (χ3n) is 4.49. The summed E-state index contributed by atoms with van der Waals surface area (Å²) in [6, 6.07) is 2.97. The van der Waals surface area contributed by atoms with Gasteiger partial charge in [0.05, 0.1) is 27.5 Å². The van der Waals surface area contributed by atoms with Crippen LogP contribution in [0, 0.1) is 0 Å². The summed E-state index contributed by atoms with van der Waals surface area (Å²) < 4.78 is 26.3. The van der Waals surface area contributed by atoms with E-state index in [1.807, 2.05) is 0 Å². The Kier molecular flexibility index (Phi) is 3.80. The first-order valence-corrected chi connectivity index (χ1v) is 7.85. The summed E-state index contributed by atoms with van der Waals surface area (Å²) in [5, 5.41) is 3.11. The number of carbonyl (C=O) groups is 1. The zero-order valence-corrected chi connectivity index (χ0v) is 14.6. The molecule has 122 valence electrons. The minimum Gasteiger partial charge on any atom is -0.398 e. The Labute approximate surface area is 144 Å². The van der Waals surface area contributed by atoms with Crippen molar-refractivity contribution in [1.82, 2.24) is 0 Å². The van der Waals surface area contributed by atoms with E-state index in [1.165, 1.54) is 12.1 Å². The van der Waals surface area contributed by atoms with Gasteiger partial charge in [-0.1, -0.05) is 23.2 Å². The van der Waals surface area contributed by atoms with Crippen LogP contribution in [0.2, 0.25) is 10.0 Å². The highest BCUT2D eigenvalue weighted by Crippen LogP contribution is 2.44. The summed E-state index contributed by atoms with van der Waals surface area (Å²) in [4.78, 5) is 12.2. The van der Waals surface area contributed by atoms with Crippen molar-refractivity contribution < 1.29 is 18.5 Å². The van der Waals surface area contributed by atoms with E-state index >= 15 is 0 Å². The Hall–Kier alpha value is -1.08. The quantitative estimate of drug-likeness (QED) is 0.603. The van der Waals surface area contributed by atoms with Crippen LogP contribution < -0.4 is 5.32 Å². The number of fused-ring (bicyclic) bond motifs is 1. The van der Waals surface area contributed by atoms with Crippen molar-refractivity contribution >= 4 is 47.5 Å². The maximum absolute atomic E-state index is 15.0. The molecule has 1 aromatic carbocycles. The van der Waals surface area contributed by atoms with E-state index in [0.717, 1.165) is 0 Å². The van der Waals surface area contributed by atoms with Crippen LogP contribution in [-0.2, 0) is 14.1 Å². The van der Waals surface area contributed by atoms with Crippen molar-refractivity contribution in [3.63, 3.8) is 0 Å². The molecule has 2 aliphatic rings. The fourth-order valence-electron chi connectivity index (χ4n) is 2.50. The van der Waals surface area contributed by atoms with Gasteiger partial charge in [-0.05, 0) is 39.8 Å². The normalized spacial score (nSPS) is 23.8. The highest BCUT2D eigenvalue weighted by atomic mass is 35.5. The van der Waals surface area contributed by atoms with Crippen LogP contribution in [0.1, 0.15) is 33.3 Å². The number of anilines is 1. The Balaban J connectivity index is 2.09. The van der Waals surface area contributed by atoms with Crippen LogP contribution in [0.15, 0.2) is 17.9 Å². The molecule has 8 heteroatoms. The molecule has 2 heterocycles. The average Bonchev–Trinajstić information content (AvgIpc) is 2.83. The van der Waals surface area contributed by atoms with E-state index in [4.69, 9.17) is 32.5 Å². The van der Waals surface area contributed by atoms with Gasteiger partial charge < -0.3 is 14.6 Å². The Bertz CT molecular complexity index is 732. The van der Waals surface area contributed by atoms with Crippen molar-refractivity contribution in [2.75, 3.05) is 5.32 Å². The molecule has 0 aliphatic carbocycles. The predicted molar refractivity (Wildman–Crippen MR) is 89.2 cm³/mol. The summed E-state index contributed by atoms with van der Waals surface area (Å²) in [7, 11) is -1.26. The van der Waals surface area contributed by atoms with Gasteiger partial charge in [0.15, 0.2) is 0 Å². The molecule has 1 N–H and O–H groups in total. The zero-order valence-electron chi connectivity index (χ0n) is 13.1. The number of amides is 1. The second-order valence-corrected chi connectivity index (χ2v) is 7.42. The van der Waals surface area contributed by atoms with Crippen LogP contribution in [0.4, 0.5) is 10.1 Å². The molecular formula is C15H15BCl2FNO3. The van der Waals surface area contributed by atoms with Crippen LogP contribution >= 0.6 is 23.2 Å². The summed E-state index contributed by atoms with van der Waals surface area (Å²) in [5.41, 5.74) is -1.73.